The van der Waals surface area contributed by atoms with Crippen molar-refractivity contribution in [3.05, 3.63) is 38.3 Å². The van der Waals surface area contributed by atoms with Gasteiger partial charge in [0.2, 0.25) is 0 Å². The Labute approximate surface area is 114 Å². The van der Waals surface area contributed by atoms with Gasteiger partial charge in [-0.15, -0.1) is 0 Å². The molecular formula is C13H14BrNOS. The Morgan fingerprint density at radius 1 is 1.12 bits per heavy atom. The molecule has 0 amide bonds. The van der Waals surface area contributed by atoms with Crippen LogP contribution in [0.5, 0.6) is 10.9 Å². The Balaban J connectivity index is 2.30. The summed E-state index contributed by atoms with van der Waals surface area (Å²) in [6.45, 7) is 8.17. The highest BCUT2D eigenvalue weighted by molar-refractivity contribution is 9.10. The van der Waals surface area contributed by atoms with E-state index in [9.17, 15) is 0 Å². The predicted octanol–water partition coefficient (Wildman–Crippen LogP) is 4.93. The van der Waals surface area contributed by atoms with E-state index in [4.69, 9.17) is 4.74 Å². The molecule has 0 saturated heterocycles. The second-order valence-corrected chi connectivity index (χ2v) is 6.05. The molecule has 0 N–H and O–H groups in total. The molecule has 2 aromatic rings. The summed E-state index contributed by atoms with van der Waals surface area (Å²) >= 11 is 5.13. The summed E-state index contributed by atoms with van der Waals surface area (Å²) in [5, 5.41) is 0.709. The Morgan fingerprint density at radius 2 is 1.71 bits per heavy atom. The maximum atomic E-state index is 5.78. The van der Waals surface area contributed by atoms with Gasteiger partial charge in [0.1, 0.15) is 5.75 Å². The number of thiazole rings is 1. The van der Waals surface area contributed by atoms with Crippen molar-refractivity contribution >= 4 is 27.3 Å². The van der Waals surface area contributed by atoms with Gasteiger partial charge in [-0.25, -0.2) is 4.98 Å². The van der Waals surface area contributed by atoms with Crippen LogP contribution in [0.1, 0.15) is 21.7 Å². The predicted molar refractivity (Wildman–Crippen MR) is 75.3 cm³/mol. The van der Waals surface area contributed by atoms with Crippen molar-refractivity contribution in [1.82, 2.24) is 4.98 Å². The number of nitrogens with zero attached hydrogens (tertiary/aromatic N) is 1. The maximum Gasteiger partial charge on any atom is 0.279 e. The number of rotatable bonds is 2. The quantitative estimate of drug-likeness (QED) is 0.784. The third-order valence-electron chi connectivity index (χ3n) is 2.62. The van der Waals surface area contributed by atoms with Crippen molar-refractivity contribution in [1.29, 1.82) is 0 Å². The lowest BCUT2D eigenvalue weighted by atomic mass is 10.1. The van der Waals surface area contributed by atoms with Gasteiger partial charge in [-0.05, 0) is 51.0 Å². The molecule has 0 bridgehead atoms. The van der Waals surface area contributed by atoms with Crippen molar-refractivity contribution < 1.29 is 4.74 Å². The van der Waals surface area contributed by atoms with Crippen LogP contribution in [0.2, 0.25) is 0 Å². The molecule has 1 heterocycles. The summed E-state index contributed by atoms with van der Waals surface area (Å²) in [4.78, 5) is 5.57. The van der Waals surface area contributed by atoms with Crippen molar-refractivity contribution in [3.8, 4) is 10.9 Å². The summed E-state index contributed by atoms with van der Waals surface area (Å²) in [5.74, 6) is 0.844. The van der Waals surface area contributed by atoms with E-state index >= 15 is 0 Å². The van der Waals surface area contributed by atoms with Crippen LogP contribution in [-0.2, 0) is 0 Å². The minimum atomic E-state index is 0.709. The molecule has 90 valence electrons. The lowest BCUT2D eigenvalue weighted by Gasteiger charge is -2.07. The van der Waals surface area contributed by atoms with Crippen LogP contribution < -0.4 is 4.74 Å². The molecule has 0 radical (unpaired) electrons. The number of aromatic nitrogens is 1. The Bertz CT molecular complexity index is 520. The van der Waals surface area contributed by atoms with Crippen LogP contribution in [-0.4, -0.2) is 4.98 Å². The van der Waals surface area contributed by atoms with Gasteiger partial charge in [0.25, 0.3) is 5.19 Å². The van der Waals surface area contributed by atoms with E-state index in [1.165, 1.54) is 16.0 Å². The Morgan fingerprint density at radius 3 is 2.18 bits per heavy atom. The lowest BCUT2D eigenvalue weighted by molar-refractivity contribution is 0.477. The summed E-state index contributed by atoms with van der Waals surface area (Å²) in [6.07, 6.45) is 0. The fraction of sp³-hybridized carbons (Fsp3) is 0.308. The lowest BCUT2D eigenvalue weighted by Crippen LogP contribution is -1.88. The average Bonchev–Trinajstić information content (AvgIpc) is 2.54. The van der Waals surface area contributed by atoms with E-state index in [1.54, 1.807) is 11.3 Å². The zero-order valence-electron chi connectivity index (χ0n) is 10.3. The number of benzene rings is 1. The van der Waals surface area contributed by atoms with E-state index in [-0.39, 0.29) is 0 Å². The third-order valence-corrected chi connectivity index (χ3v) is 4.83. The summed E-state index contributed by atoms with van der Waals surface area (Å²) in [6, 6.07) is 4.03. The fourth-order valence-corrected chi connectivity index (χ4v) is 2.56. The third kappa shape index (κ3) is 2.69. The normalized spacial score (nSPS) is 10.6. The van der Waals surface area contributed by atoms with Crippen molar-refractivity contribution in [2.75, 3.05) is 0 Å². The van der Waals surface area contributed by atoms with Crippen LogP contribution in [0.4, 0.5) is 0 Å². The fourth-order valence-electron chi connectivity index (χ4n) is 1.55. The summed E-state index contributed by atoms with van der Waals surface area (Å²) in [5.41, 5.74) is 3.38. The van der Waals surface area contributed by atoms with Crippen LogP contribution in [0.25, 0.3) is 0 Å². The smallest absolute Gasteiger partial charge is 0.279 e. The van der Waals surface area contributed by atoms with Gasteiger partial charge >= 0.3 is 0 Å². The van der Waals surface area contributed by atoms with Gasteiger partial charge in [-0.1, -0.05) is 27.3 Å². The molecule has 0 unspecified atom stereocenters. The molecule has 0 aliphatic heterocycles. The molecule has 0 fully saturated rings. The van der Waals surface area contributed by atoms with E-state index in [0.717, 1.165) is 15.9 Å². The van der Waals surface area contributed by atoms with Crippen molar-refractivity contribution in [3.63, 3.8) is 0 Å². The van der Waals surface area contributed by atoms with Gasteiger partial charge in [0.05, 0.1) is 5.69 Å². The molecule has 17 heavy (non-hydrogen) atoms. The highest BCUT2D eigenvalue weighted by Gasteiger charge is 2.08. The van der Waals surface area contributed by atoms with E-state index < -0.39 is 0 Å². The maximum absolute atomic E-state index is 5.78. The topological polar surface area (TPSA) is 22.1 Å². The number of hydrogen-bond donors (Lipinski definition) is 0. The van der Waals surface area contributed by atoms with Gasteiger partial charge in [-0.3, -0.25) is 0 Å². The average molecular weight is 312 g/mol. The van der Waals surface area contributed by atoms with Crippen molar-refractivity contribution in [2.45, 2.75) is 27.7 Å². The van der Waals surface area contributed by atoms with Crippen LogP contribution in [0.3, 0.4) is 0 Å². The van der Waals surface area contributed by atoms with Gasteiger partial charge < -0.3 is 4.74 Å². The largest absolute Gasteiger partial charge is 0.431 e. The van der Waals surface area contributed by atoms with Gasteiger partial charge in [-0.2, -0.15) is 0 Å². The molecule has 1 aromatic carbocycles. The molecule has 0 aliphatic rings. The zero-order chi connectivity index (χ0) is 12.6. The molecule has 1 aromatic heterocycles. The second kappa shape index (κ2) is 4.78. The number of ether oxygens (including phenoxy) is 1. The zero-order valence-corrected chi connectivity index (χ0v) is 12.7. The van der Waals surface area contributed by atoms with Crippen LogP contribution in [0, 0.1) is 27.7 Å². The minimum absolute atomic E-state index is 0.709. The Hall–Kier alpha value is -0.870. The SMILES string of the molecule is Cc1cc(Oc2nc(C)c(C)s2)cc(C)c1Br. The number of hydrogen-bond acceptors (Lipinski definition) is 3. The van der Waals surface area contributed by atoms with Crippen molar-refractivity contribution in [2.24, 2.45) is 0 Å². The van der Waals surface area contributed by atoms with Gasteiger partial charge in [0.15, 0.2) is 0 Å². The first-order valence-corrected chi connectivity index (χ1v) is 6.97. The minimum Gasteiger partial charge on any atom is -0.431 e. The molecular weight excluding hydrogens is 298 g/mol. The molecule has 0 spiro atoms. The van der Waals surface area contributed by atoms with E-state index in [0.29, 0.717) is 5.19 Å². The van der Waals surface area contributed by atoms with Crippen LogP contribution in [0.15, 0.2) is 16.6 Å². The highest BCUT2D eigenvalue weighted by atomic mass is 79.9. The molecule has 0 aliphatic carbocycles. The van der Waals surface area contributed by atoms with Crippen LogP contribution >= 0.6 is 27.3 Å². The second-order valence-electron chi connectivity index (χ2n) is 4.09. The Kier molecular flexibility index (Phi) is 3.54. The standard InChI is InChI=1S/C13H14BrNOS/c1-7-5-11(6-8(2)12(7)14)16-13-15-9(3)10(4)17-13/h5-6H,1-4H3. The first kappa shape index (κ1) is 12.6. The summed E-state index contributed by atoms with van der Waals surface area (Å²) < 4.78 is 6.92. The first-order chi connectivity index (χ1) is 7.97. The first-order valence-electron chi connectivity index (χ1n) is 5.36. The highest BCUT2D eigenvalue weighted by Crippen LogP contribution is 2.32. The molecule has 0 atom stereocenters. The number of halogens is 1. The van der Waals surface area contributed by atoms with Gasteiger partial charge in [0, 0.05) is 9.35 Å². The monoisotopic (exact) mass is 311 g/mol. The molecule has 0 saturated carbocycles. The number of aryl methyl sites for hydroxylation is 4. The molecule has 2 nitrogen and oxygen atoms in total. The summed E-state index contributed by atoms with van der Waals surface area (Å²) in [7, 11) is 0. The molecule has 4 heteroatoms. The van der Waals surface area contributed by atoms with E-state index in [1.807, 2.05) is 19.1 Å². The van der Waals surface area contributed by atoms with E-state index in [2.05, 4.69) is 41.7 Å². The molecule has 2 rings (SSSR count).